The molecule has 1 saturated heterocycles. The quantitative estimate of drug-likeness (QED) is 0.917. The lowest BCUT2D eigenvalue weighted by molar-refractivity contribution is -0.0800. The molecule has 3 nitrogen and oxygen atoms in total. The van der Waals surface area contributed by atoms with E-state index in [1.807, 2.05) is 0 Å². The van der Waals surface area contributed by atoms with Crippen LogP contribution in [-0.4, -0.2) is 36.7 Å². The van der Waals surface area contributed by atoms with Gasteiger partial charge < -0.3 is 10.5 Å². The summed E-state index contributed by atoms with van der Waals surface area (Å²) in [5.74, 6) is 0.774. The van der Waals surface area contributed by atoms with Gasteiger partial charge in [0.15, 0.2) is 0 Å². The minimum Gasteiger partial charge on any atom is -0.373 e. The van der Waals surface area contributed by atoms with Gasteiger partial charge >= 0.3 is 0 Å². The number of nitrogens with zero attached hydrogens (tertiary/aromatic N) is 1. The van der Waals surface area contributed by atoms with Crippen molar-refractivity contribution in [2.45, 2.75) is 50.9 Å². The van der Waals surface area contributed by atoms with Crippen LogP contribution in [0.5, 0.6) is 0 Å². The van der Waals surface area contributed by atoms with Crippen LogP contribution in [0.4, 0.5) is 0 Å². The summed E-state index contributed by atoms with van der Waals surface area (Å²) in [7, 11) is 0. The van der Waals surface area contributed by atoms with Gasteiger partial charge in [-0.15, -0.1) is 0 Å². The molecule has 1 aliphatic heterocycles. The van der Waals surface area contributed by atoms with E-state index in [9.17, 15) is 0 Å². The summed E-state index contributed by atoms with van der Waals surface area (Å²) in [5.41, 5.74) is 9.10. The first kappa shape index (κ1) is 14.1. The van der Waals surface area contributed by atoms with Crippen molar-refractivity contribution in [1.82, 2.24) is 4.90 Å². The van der Waals surface area contributed by atoms with Crippen LogP contribution in [0.15, 0.2) is 24.3 Å². The Hall–Kier alpha value is -0.900. The Balaban J connectivity index is 1.85. The molecule has 0 spiro atoms. The minimum atomic E-state index is 0.292. The van der Waals surface area contributed by atoms with Crippen molar-refractivity contribution in [3.8, 4) is 0 Å². The van der Waals surface area contributed by atoms with E-state index in [0.29, 0.717) is 24.8 Å². The van der Waals surface area contributed by atoms with E-state index in [1.54, 1.807) is 0 Å². The lowest BCUT2D eigenvalue weighted by atomic mass is 9.95. The summed E-state index contributed by atoms with van der Waals surface area (Å²) in [6.07, 6.45) is 3.26. The van der Waals surface area contributed by atoms with Crippen LogP contribution in [-0.2, 0) is 4.74 Å². The molecule has 0 amide bonds. The van der Waals surface area contributed by atoms with Crippen molar-refractivity contribution < 1.29 is 4.74 Å². The first-order valence-electron chi connectivity index (χ1n) is 7.87. The average Bonchev–Trinajstić information content (AvgIpc) is 3.23. The number of morpholine rings is 1. The topological polar surface area (TPSA) is 38.5 Å². The molecule has 2 aliphatic rings. The molecule has 1 saturated carbocycles. The van der Waals surface area contributed by atoms with E-state index in [0.717, 1.165) is 19.0 Å². The third-order valence-electron chi connectivity index (χ3n) is 4.48. The maximum absolute atomic E-state index is 6.13. The molecule has 1 unspecified atom stereocenters. The zero-order valence-electron chi connectivity index (χ0n) is 12.6. The van der Waals surface area contributed by atoms with E-state index in [2.05, 4.69) is 43.0 Å². The van der Waals surface area contributed by atoms with Gasteiger partial charge in [0.1, 0.15) is 0 Å². The third-order valence-corrected chi connectivity index (χ3v) is 4.48. The highest BCUT2D eigenvalue weighted by Gasteiger charge is 2.32. The fraction of sp³-hybridized carbons (Fsp3) is 0.647. The van der Waals surface area contributed by atoms with Crippen molar-refractivity contribution in [3.63, 3.8) is 0 Å². The fourth-order valence-electron chi connectivity index (χ4n) is 3.53. The highest BCUT2D eigenvalue weighted by atomic mass is 16.5. The molecular weight excluding hydrogens is 248 g/mol. The van der Waals surface area contributed by atoms with Crippen molar-refractivity contribution in [1.29, 1.82) is 0 Å². The fourth-order valence-corrected chi connectivity index (χ4v) is 3.53. The molecule has 1 aromatic rings. The maximum atomic E-state index is 6.13. The van der Waals surface area contributed by atoms with Crippen LogP contribution in [0, 0.1) is 0 Å². The second-order valence-corrected chi connectivity index (χ2v) is 6.37. The third kappa shape index (κ3) is 2.90. The maximum Gasteiger partial charge on any atom is 0.0678 e. The Morgan fingerprint density at radius 2 is 1.85 bits per heavy atom. The van der Waals surface area contributed by atoms with Gasteiger partial charge in [0.25, 0.3) is 0 Å². The van der Waals surface area contributed by atoms with Crippen LogP contribution in [0.2, 0.25) is 0 Å². The van der Waals surface area contributed by atoms with Gasteiger partial charge in [0.05, 0.1) is 12.2 Å². The molecule has 0 aromatic heterocycles. The van der Waals surface area contributed by atoms with Crippen molar-refractivity contribution in [2.75, 3.05) is 19.6 Å². The Labute approximate surface area is 122 Å². The van der Waals surface area contributed by atoms with Crippen molar-refractivity contribution in [2.24, 2.45) is 5.73 Å². The zero-order chi connectivity index (χ0) is 14.1. The summed E-state index contributed by atoms with van der Waals surface area (Å²) >= 11 is 0. The first-order valence-corrected chi connectivity index (χ1v) is 7.87. The molecule has 1 aliphatic carbocycles. The van der Waals surface area contributed by atoms with E-state index in [4.69, 9.17) is 10.5 Å². The molecule has 2 fully saturated rings. The van der Waals surface area contributed by atoms with Crippen LogP contribution >= 0.6 is 0 Å². The highest BCUT2D eigenvalue weighted by molar-refractivity contribution is 5.36. The number of hydrogen-bond donors (Lipinski definition) is 1. The molecular formula is C17H26N2O. The molecule has 2 N–H and O–H groups in total. The van der Waals surface area contributed by atoms with E-state index in [-0.39, 0.29) is 0 Å². The summed E-state index contributed by atoms with van der Waals surface area (Å²) in [6, 6.07) is 9.21. The van der Waals surface area contributed by atoms with Gasteiger partial charge in [-0.25, -0.2) is 0 Å². The number of benzene rings is 1. The van der Waals surface area contributed by atoms with Crippen molar-refractivity contribution >= 4 is 0 Å². The molecule has 1 aromatic carbocycles. The number of nitrogens with two attached hydrogens (primary N) is 1. The highest BCUT2D eigenvalue weighted by Crippen LogP contribution is 2.43. The standard InChI is InChI=1S/C17H26N2O/c1-12-10-19(11-13(2)20-12)17(9-18)16-6-4-3-5-15(16)14-7-8-14/h3-6,12-14,17H,7-11,18H2,1-2H3/t12-,13+,17?. The van der Waals surface area contributed by atoms with Gasteiger partial charge in [0, 0.05) is 25.7 Å². The van der Waals surface area contributed by atoms with Gasteiger partial charge in [-0.05, 0) is 43.7 Å². The molecule has 20 heavy (non-hydrogen) atoms. The minimum absolute atomic E-state index is 0.292. The number of rotatable bonds is 4. The number of ether oxygens (including phenoxy) is 1. The van der Waals surface area contributed by atoms with Gasteiger partial charge in [-0.1, -0.05) is 24.3 Å². The van der Waals surface area contributed by atoms with Crippen LogP contribution in [0.1, 0.15) is 49.8 Å². The van der Waals surface area contributed by atoms with E-state index < -0.39 is 0 Å². The zero-order valence-corrected chi connectivity index (χ0v) is 12.6. The summed E-state index contributed by atoms with van der Waals surface area (Å²) in [4.78, 5) is 2.51. The number of hydrogen-bond acceptors (Lipinski definition) is 3. The molecule has 0 bridgehead atoms. The van der Waals surface area contributed by atoms with Gasteiger partial charge in [-0.3, -0.25) is 4.90 Å². The largest absolute Gasteiger partial charge is 0.373 e. The Morgan fingerprint density at radius 1 is 1.20 bits per heavy atom. The normalized spacial score (nSPS) is 29.4. The van der Waals surface area contributed by atoms with Crippen molar-refractivity contribution in [3.05, 3.63) is 35.4 Å². The Bertz CT molecular complexity index is 448. The average molecular weight is 274 g/mol. The van der Waals surface area contributed by atoms with E-state index in [1.165, 1.54) is 24.0 Å². The molecule has 1 heterocycles. The smallest absolute Gasteiger partial charge is 0.0678 e. The molecule has 3 atom stereocenters. The molecule has 110 valence electrons. The lowest BCUT2D eigenvalue weighted by Gasteiger charge is -2.40. The first-order chi connectivity index (χ1) is 9.69. The molecule has 3 heteroatoms. The lowest BCUT2D eigenvalue weighted by Crippen LogP contribution is -2.48. The van der Waals surface area contributed by atoms with Gasteiger partial charge in [0.2, 0.25) is 0 Å². The van der Waals surface area contributed by atoms with Crippen LogP contribution < -0.4 is 5.73 Å². The SMILES string of the molecule is C[C@@H]1CN(C(CN)c2ccccc2C2CC2)C[C@H](C)O1. The van der Waals surface area contributed by atoms with Gasteiger partial charge in [-0.2, -0.15) is 0 Å². The predicted molar refractivity (Wildman–Crippen MR) is 81.8 cm³/mol. The summed E-state index contributed by atoms with van der Waals surface area (Å²) in [5, 5.41) is 0. The second kappa shape index (κ2) is 5.84. The Morgan fingerprint density at radius 3 is 2.45 bits per heavy atom. The molecule has 0 radical (unpaired) electrons. The monoisotopic (exact) mass is 274 g/mol. The van der Waals surface area contributed by atoms with Crippen LogP contribution in [0.25, 0.3) is 0 Å². The molecule has 3 rings (SSSR count). The summed E-state index contributed by atoms with van der Waals surface area (Å²) in [6.45, 7) is 6.95. The Kier molecular flexibility index (Phi) is 4.11. The summed E-state index contributed by atoms with van der Waals surface area (Å²) < 4.78 is 5.85. The van der Waals surface area contributed by atoms with E-state index >= 15 is 0 Å². The second-order valence-electron chi connectivity index (χ2n) is 6.37. The predicted octanol–water partition coefficient (Wildman–Crippen LogP) is 2.67. The van der Waals surface area contributed by atoms with Crippen LogP contribution in [0.3, 0.4) is 0 Å².